The maximum atomic E-state index is 5.89. The maximum absolute atomic E-state index is 5.89. The summed E-state index contributed by atoms with van der Waals surface area (Å²) in [6.45, 7) is 5.64. The van der Waals surface area contributed by atoms with Crippen molar-refractivity contribution in [2.24, 2.45) is 4.99 Å². The van der Waals surface area contributed by atoms with E-state index in [1.807, 2.05) is 7.05 Å². The summed E-state index contributed by atoms with van der Waals surface area (Å²) in [6, 6.07) is 1.11. The Morgan fingerprint density at radius 3 is 2.81 bits per heavy atom. The van der Waals surface area contributed by atoms with Crippen LogP contribution in [0.3, 0.4) is 0 Å². The van der Waals surface area contributed by atoms with Crippen molar-refractivity contribution in [2.75, 3.05) is 26.7 Å². The third-order valence-electron chi connectivity index (χ3n) is 5.06. The Kier molecular flexibility index (Phi) is 6.55. The number of guanidine groups is 1. The Morgan fingerprint density at radius 2 is 2.19 bits per heavy atom. The van der Waals surface area contributed by atoms with Crippen molar-refractivity contribution in [3.63, 3.8) is 0 Å². The lowest BCUT2D eigenvalue weighted by atomic mass is 9.96. The summed E-state index contributed by atoms with van der Waals surface area (Å²) in [6.07, 6.45) is 7.09. The van der Waals surface area contributed by atoms with Crippen LogP contribution in [0.1, 0.15) is 39.0 Å². The fraction of sp³-hybridized carbons (Fsp3) is 0.933. The Labute approximate surface area is 145 Å². The van der Waals surface area contributed by atoms with Gasteiger partial charge in [-0.1, -0.05) is 6.92 Å². The van der Waals surface area contributed by atoms with Gasteiger partial charge in [-0.2, -0.15) is 0 Å². The summed E-state index contributed by atoms with van der Waals surface area (Å²) in [7, 11) is 1.86. The predicted octanol–water partition coefficient (Wildman–Crippen LogP) is 1.57. The van der Waals surface area contributed by atoms with Crippen LogP contribution >= 0.6 is 24.0 Å². The first-order valence-corrected chi connectivity index (χ1v) is 8.17. The summed E-state index contributed by atoms with van der Waals surface area (Å²) in [5.74, 6) is 0.939. The van der Waals surface area contributed by atoms with E-state index in [4.69, 9.17) is 4.74 Å². The lowest BCUT2D eigenvalue weighted by Gasteiger charge is -2.26. The molecule has 0 aliphatic carbocycles. The highest BCUT2D eigenvalue weighted by molar-refractivity contribution is 14.0. The normalized spacial score (nSPS) is 35.8. The lowest BCUT2D eigenvalue weighted by molar-refractivity contribution is 0.0992. The molecule has 3 fully saturated rings. The van der Waals surface area contributed by atoms with Crippen molar-refractivity contribution in [3.8, 4) is 0 Å². The van der Waals surface area contributed by atoms with Crippen LogP contribution in [0.2, 0.25) is 0 Å². The van der Waals surface area contributed by atoms with Gasteiger partial charge in [-0.3, -0.25) is 9.89 Å². The Morgan fingerprint density at radius 1 is 1.33 bits per heavy atom. The highest BCUT2D eigenvalue weighted by Crippen LogP contribution is 2.34. The van der Waals surface area contributed by atoms with Gasteiger partial charge in [0.05, 0.1) is 18.2 Å². The molecule has 0 saturated carbocycles. The summed E-state index contributed by atoms with van der Waals surface area (Å²) in [4.78, 5) is 6.92. The van der Waals surface area contributed by atoms with Crippen LogP contribution in [0.4, 0.5) is 0 Å². The van der Waals surface area contributed by atoms with Gasteiger partial charge in [-0.25, -0.2) is 0 Å². The van der Waals surface area contributed by atoms with Gasteiger partial charge in [0.15, 0.2) is 5.96 Å². The Bertz CT molecular complexity index is 366. The smallest absolute Gasteiger partial charge is 0.191 e. The molecule has 3 heterocycles. The van der Waals surface area contributed by atoms with Crippen molar-refractivity contribution >= 4 is 29.9 Å². The number of rotatable bonds is 4. The van der Waals surface area contributed by atoms with Gasteiger partial charge < -0.3 is 15.4 Å². The molecule has 5 nitrogen and oxygen atoms in total. The molecular formula is C15H29IN4O. The van der Waals surface area contributed by atoms with Gasteiger partial charge in [-0.05, 0) is 45.2 Å². The molecule has 0 aromatic heterocycles. The van der Waals surface area contributed by atoms with Crippen LogP contribution < -0.4 is 10.6 Å². The molecule has 3 saturated heterocycles. The zero-order valence-corrected chi connectivity index (χ0v) is 15.5. The van der Waals surface area contributed by atoms with E-state index in [1.165, 1.54) is 32.2 Å². The summed E-state index contributed by atoms with van der Waals surface area (Å²) in [5, 5.41) is 7.05. The molecule has 21 heavy (non-hydrogen) atoms. The van der Waals surface area contributed by atoms with Crippen molar-refractivity contribution in [2.45, 2.75) is 63.3 Å². The minimum Gasteiger partial charge on any atom is -0.373 e. The summed E-state index contributed by atoms with van der Waals surface area (Å²) in [5.41, 5.74) is 0. The molecule has 4 unspecified atom stereocenters. The Balaban J connectivity index is 0.00000161. The van der Waals surface area contributed by atoms with E-state index < -0.39 is 0 Å². The molecule has 3 aliphatic heterocycles. The van der Waals surface area contributed by atoms with Gasteiger partial charge >= 0.3 is 0 Å². The molecule has 6 heteroatoms. The fourth-order valence-corrected chi connectivity index (χ4v) is 3.92. The SMILES string of the molecule is CCN1CCCC1CNC(=NC)NC1CC2CCC1O2.I. The number of likely N-dealkylation sites (N-methyl/N-ethyl adjacent to an activating group) is 1. The molecule has 122 valence electrons. The first-order chi connectivity index (χ1) is 9.80. The first kappa shape index (κ1) is 17.3. The largest absolute Gasteiger partial charge is 0.373 e. The number of aliphatic imine (C=N–C) groups is 1. The molecule has 2 bridgehead atoms. The molecule has 4 atom stereocenters. The van der Waals surface area contributed by atoms with Gasteiger partial charge in [0, 0.05) is 19.6 Å². The predicted molar refractivity (Wildman–Crippen MR) is 96.5 cm³/mol. The highest BCUT2D eigenvalue weighted by Gasteiger charge is 2.41. The van der Waals surface area contributed by atoms with Crippen LogP contribution in [0.25, 0.3) is 0 Å². The quantitative estimate of drug-likeness (QED) is 0.421. The summed E-state index contributed by atoms with van der Waals surface area (Å²) >= 11 is 0. The van der Waals surface area contributed by atoms with Gasteiger partial charge in [0.25, 0.3) is 0 Å². The average molecular weight is 408 g/mol. The van der Waals surface area contributed by atoms with Crippen LogP contribution in [0.5, 0.6) is 0 Å². The number of nitrogens with one attached hydrogen (secondary N) is 2. The lowest BCUT2D eigenvalue weighted by Crippen LogP contribution is -2.50. The van der Waals surface area contributed by atoms with Crippen LogP contribution in [-0.2, 0) is 4.74 Å². The molecule has 0 aromatic rings. The van der Waals surface area contributed by atoms with E-state index in [1.54, 1.807) is 0 Å². The number of fused-ring (bicyclic) bond motifs is 2. The maximum Gasteiger partial charge on any atom is 0.191 e. The topological polar surface area (TPSA) is 48.9 Å². The molecule has 0 aromatic carbocycles. The fourth-order valence-electron chi connectivity index (χ4n) is 3.92. The van der Waals surface area contributed by atoms with Gasteiger partial charge in [0.1, 0.15) is 0 Å². The zero-order chi connectivity index (χ0) is 13.9. The average Bonchev–Trinajstić information content (AvgIpc) is 3.18. The third kappa shape index (κ3) is 4.01. The minimum atomic E-state index is 0. The van der Waals surface area contributed by atoms with E-state index in [0.717, 1.165) is 25.5 Å². The molecular weight excluding hydrogens is 379 g/mol. The van der Waals surface area contributed by atoms with Crippen molar-refractivity contribution in [1.29, 1.82) is 0 Å². The standard InChI is InChI=1S/C15H28N4O.HI/c1-3-19-8-4-5-11(19)10-17-15(16-2)18-13-9-12-6-7-14(13)20-12;/h11-14H,3-10H2,1-2H3,(H2,16,17,18);1H. The number of halogens is 1. The number of nitrogens with zero attached hydrogens (tertiary/aromatic N) is 2. The third-order valence-corrected chi connectivity index (χ3v) is 5.06. The number of hydrogen-bond acceptors (Lipinski definition) is 3. The van der Waals surface area contributed by atoms with Gasteiger partial charge in [-0.15, -0.1) is 24.0 Å². The van der Waals surface area contributed by atoms with Crippen LogP contribution in [-0.4, -0.2) is 61.8 Å². The zero-order valence-electron chi connectivity index (χ0n) is 13.2. The molecule has 2 N–H and O–H groups in total. The van der Waals surface area contributed by atoms with E-state index >= 15 is 0 Å². The minimum absolute atomic E-state index is 0. The number of likely N-dealkylation sites (tertiary alicyclic amines) is 1. The number of ether oxygens (including phenoxy) is 1. The second kappa shape index (κ2) is 7.97. The van der Waals surface area contributed by atoms with Crippen LogP contribution in [0.15, 0.2) is 4.99 Å². The highest BCUT2D eigenvalue weighted by atomic mass is 127. The first-order valence-electron chi connectivity index (χ1n) is 8.17. The summed E-state index contributed by atoms with van der Waals surface area (Å²) < 4.78 is 5.89. The van der Waals surface area contributed by atoms with Crippen molar-refractivity contribution < 1.29 is 4.74 Å². The molecule has 0 spiro atoms. The molecule has 3 aliphatic rings. The van der Waals surface area contributed by atoms with Crippen molar-refractivity contribution in [1.82, 2.24) is 15.5 Å². The molecule has 0 amide bonds. The second-order valence-corrected chi connectivity index (χ2v) is 6.24. The van der Waals surface area contributed by atoms with E-state index in [2.05, 4.69) is 27.4 Å². The molecule has 3 rings (SSSR count). The number of hydrogen-bond donors (Lipinski definition) is 2. The molecule has 0 radical (unpaired) electrons. The van der Waals surface area contributed by atoms with Crippen molar-refractivity contribution in [3.05, 3.63) is 0 Å². The van der Waals surface area contributed by atoms with Gasteiger partial charge in [0.2, 0.25) is 0 Å². The van der Waals surface area contributed by atoms with Crippen LogP contribution in [0, 0.1) is 0 Å². The second-order valence-electron chi connectivity index (χ2n) is 6.24. The van der Waals surface area contributed by atoms with E-state index in [9.17, 15) is 0 Å². The van der Waals surface area contributed by atoms with E-state index in [-0.39, 0.29) is 24.0 Å². The monoisotopic (exact) mass is 408 g/mol. The Hall–Kier alpha value is -0.0800. The van der Waals surface area contributed by atoms with E-state index in [0.29, 0.717) is 24.3 Å².